The van der Waals surface area contributed by atoms with E-state index in [0.717, 1.165) is 41.8 Å². The molecule has 31 heavy (non-hydrogen) atoms. The lowest BCUT2D eigenvalue weighted by Crippen LogP contribution is -2.24. The molecule has 0 unspecified atom stereocenters. The lowest BCUT2D eigenvalue weighted by atomic mass is 9.97. The van der Waals surface area contributed by atoms with Crippen LogP contribution in [0.25, 0.3) is 16.5 Å². The van der Waals surface area contributed by atoms with Gasteiger partial charge in [0.25, 0.3) is 11.5 Å². The summed E-state index contributed by atoms with van der Waals surface area (Å²) in [7, 11) is 0. The Morgan fingerprint density at radius 1 is 1.16 bits per heavy atom. The zero-order valence-corrected chi connectivity index (χ0v) is 18.0. The predicted molar refractivity (Wildman–Crippen MR) is 121 cm³/mol. The number of aromatic nitrogens is 4. The molecule has 0 fully saturated rings. The number of fused-ring (bicyclic) bond motifs is 1. The molecule has 3 heterocycles. The number of hydrogen-bond donors (Lipinski definition) is 2. The summed E-state index contributed by atoms with van der Waals surface area (Å²) in [6, 6.07) is 12.3. The van der Waals surface area contributed by atoms with Crippen LogP contribution >= 0.6 is 22.9 Å². The monoisotopic (exact) mass is 451 g/mol. The van der Waals surface area contributed by atoms with Crippen LogP contribution in [0.3, 0.4) is 0 Å². The highest BCUT2D eigenvalue weighted by Gasteiger charge is 2.20. The van der Waals surface area contributed by atoms with Crippen molar-refractivity contribution in [2.75, 3.05) is 5.32 Å². The molecule has 1 amide bonds. The Balaban J connectivity index is 1.58. The quantitative estimate of drug-likeness (QED) is 0.478. The molecule has 0 aliphatic heterocycles. The third kappa shape index (κ3) is 3.92. The zero-order valence-electron chi connectivity index (χ0n) is 16.4. The van der Waals surface area contributed by atoms with Crippen molar-refractivity contribution in [2.24, 2.45) is 0 Å². The fourth-order valence-electron chi connectivity index (χ4n) is 3.66. The molecular weight excluding hydrogens is 434 g/mol. The number of hydrogen-bond acceptors (Lipinski definition) is 5. The van der Waals surface area contributed by atoms with Crippen molar-refractivity contribution in [3.05, 3.63) is 80.0 Å². The van der Waals surface area contributed by atoms with Crippen LogP contribution in [-0.2, 0) is 12.8 Å². The van der Waals surface area contributed by atoms with E-state index in [4.69, 9.17) is 11.6 Å². The second-order valence-corrected chi connectivity index (χ2v) is 8.67. The number of benzene rings is 1. The average Bonchev–Trinajstić information content (AvgIpc) is 3.44. The fraction of sp³-hybridized carbons (Fsp3) is 0.182. The van der Waals surface area contributed by atoms with Gasteiger partial charge in [0, 0.05) is 22.2 Å². The third-order valence-electron chi connectivity index (χ3n) is 5.21. The summed E-state index contributed by atoms with van der Waals surface area (Å²) in [5, 5.41) is 10.0. The van der Waals surface area contributed by atoms with Crippen LogP contribution in [0, 0.1) is 0 Å². The summed E-state index contributed by atoms with van der Waals surface area (Å²) in [6.45, 7) is 0. The first-order chi connectivity index (χ1) is 15.1. The van der Waals surface area contributed by atoms with Crippen molar-refractivity contribution in [3.63, 3.8) is 0 Å². The third-order valence-corrected chi connectivity index (χ3v) is 6.35. The van der Waals surface area contributed by atoms with Gasteiger partial charge in [0.15, 0.2) is 0 Å². The Labute approximate surface area is 186 Å². The van der Waals surface area contributed by atoms with E-state index in [0.29, 0.717) is 28.0 Å². The molecule has 156 valence electrons. The van der Waals surface area contributed by atoms with Gasteiger partial charge >= 0.3 is 0 Å². The second kappa shape index (κ2) is 8.13. The number of H-pyrrole nitrogens is 1. The molecule has 0 spiro atoms. The van der Waals surface area contributed by atoms with Gasteiger partial charge < -0.3 is 5.32 Å². The van der Waals surface area contributed by atoms with Crippen LogP contribution < -0.4 is 10.9 Å². The molecule has 5 rings (SSSR count). The van der Waals surface area contributed by atoms with E-state index in [9.17, 15) is 9.59 Å². The first-order valence-electron chi connectivity index (χ1n) is 9.92. The smallest absolute Gasteiger partial charge is 0.256 e. The number of amides is 1. The largest absolute Gasteiger partial charge is 0.306 e. The number of anilines is 1. The molecule has 0 atom stereocenters. The van der Waals surface area contributed by atoms with Gasteiger partial charge in [-0.2, -0.15) is 9.78 Å². The number of nitrogens with zero attached hydrogens (tertiary/aromatic N) is 3. The SMILES string of the molecule is O=C(Nc1cc(-c2cccs2)nn1-c1nc2c(c(=O)[nH]1)CCCC2)c1ccc(Cl)cc1. The Bertz CT molecular complexity index is 1310. The summed E-state index contributed by atoms with van der Waals surface area (Å²) < 4.78 is 1.49. The number of rotatable bonds is 4. The van der Waals surface area contributed by atoms with Crippen LogP contribution in [0.1, 0.15) is 34.5 Å². The Kier molecular flexibility index (Phi) is 5.17. The van der Waals surface area contributed by atoms with Crippen molar-refractivity contribution in [1.29, 1.82) is 0 Å². The first-order valence-corrected chi connectivity index (χ1v) is 11.2. The number of nitrogens with one attached hydrogen (secondary N) is 2. The number of halogens is 1. The number of carbonyl (C=O) groups excluding carboxylic acids is 1. The molecule has 4 aromatic rings. The maximum absolute atomic E-state index is 12.8. The fourth-order valence-corrected chi connectivity index (χ4v) is 4.46. The van der Waals surface area contributed by atoms with Gasteiger partial charge in [-0.1, -0.05) is 17.7 Å². The van der Waals surface area contributed by atoms with E-state index in [1.165, 1.54) is 4.68 Å². The van der Waals surface area contributed by atoms with Crippen molar-refractivity contribution in [1.82, 2.24) is 19.7 Å². The Hall–Kier alpha value is -3.23. The first kappa shape index (κ1) is 19.7. The van der Waals surface area contributed by atoms with Crippen molar-refractivity contribution in [2.45, 2.75) is 25.7 Å². The maximum atomic E-state index is 12.8. The van der Waals surface area contributed by atoms with Crippen LogP contribution in [0.5, 0.6) is 0 Å². The second-order valence-electron chi connectivity index (χ2n) is 7.29. The van der Waals surface area contributed by atoms with Crippen LogP contribution in [0.15, 0.2) is 52.6 Å². The molecule has 1 aromatic carbocycles. The molecule has 1 aliphatic carbocycles. The molecule has 0 radical (unpaired) electrons. The summed E-state index contributed by atoms with van der Waals surface area (Å²) in [6.07, 6.45) is 3.49. The summed E-state index contributed by atoms with van der Waals surface area (Å²) in [5.74, 6) is 0.401. The Morgan fingerprint density at radius 2 is 1.97 bits per heavy atom. The minimum absolute atomic E-state index is 0.150. The molecule has 7 nitrogen and oxygen atoms in total. The van der Waals surface area contributed by atoms with E-state index >= 15 is 0 Å². The number of aromatic amines is 1. The normalized spacial score (nSPS) is 13.1. The van der Waals surface area contributed by atoms with Gasteiger partial charge in [-0.15, -0.1) is 11.3 Å². The molecule has 0 bridgehead atoms. The molecule has 1 aliphatic rings. The molecule has 2 N–H and O–H groups in total. The highest BCUT2D eigenvalue weighted by Crippen LogP contribution is 2.28. The van der Waals surface area contributed by atoms with Crippen molar-refractivity contribution < 1.29 is 4.79 Å². The lowest BCUT2D eigenvalue weighted by molar-refractivity contribution is 0.102. The summed E-state index contributed by atoms with van der Waals surface area (Å²) in [5.41, 5.74) is 2.53. The minimum atomic E-state index is -0.309. The van der Waals surface area contributed by atoms with Gasteiger partial charge in [-0.05, 0) is 61.4 Å². The summed E-state index contributed by atoms with van der Waals surface area (Å²) in [4.78, 5) is 33.9. The number of carbonyl (C=O) groups is 1. The van der Waals surface area contributed by atoms with Gasteiger partial charge in [0.05, 0.1) is 10.6 Å². The predicted octanol–water partition coefficient (Wildman–Crippen LogP) is 4.47. The standard InChI is InChI=1S/C22H18ClN5O2S/c23-14-9-7-13(8-10-14)20(29)25-19-12-17(18-6-3-11-31-18)27-28(19)22-24-16-5-2-1-4-15(16)21(30)26-22/h3,6-12H,1-2,4-5H2,(H,25,29)(H,24,26,30). The van der Waals surface area contributed by atoms with Crippen molar-refractivity contribution in [3.8, 4) is 16.5 Å². The van der Waals surface area contributed by atoms with E-state index < -0.39 is 0 Å². The Morgan fingerprint density at radius 3 is 2.74 bits per heavy atom. The van der Waals surface area contributed by atoms with Gasteiger partial charge in [-0.3, -0.25) is 14.6 Å². The molecule has 0 saturated carbocycles. The van der Waals surface area contributed by atoms with E-state index in [-0.39, 0.29) is 11.5 Å². The van der Waals surface area contributed by atoms with Crippen LogP contribution in [0.2, 0.25) is 5.02 Å². The lowest BCUT2D eigenvalue weighted by Gasteiger charge is -2.15. The van der Waals surface area contributed by atoms with Crippen LogP contribution in [-0.4, -0.2) is 25.7 Å². The summed E-state index contributed by atoms with van der Waals surface area (Å²) >= 11 is 7.47. The molecule has 0 saturated heterocycles. The molecule has 9 heteroatoms. The van der Waals surface area contributed by atoms with Gasteiger partial charge in [0.1, 0.15) is 11.5 Å². The highest BCUT2D eigenvalue weighted by molar-refractivity contribution is 7.13. The minimum Gasteiger partial charge on any atom is -0.306 e. The van der Waals surface area contributed by atoms with E-state index in [1.807, 2.05) is 17.5 Å². The van der Waals surface area contributed by atoms with Crippen LogP contribution in [0.4, 0.5) is 5.82 Å². The molecule has 3 aromatic heterocycles. The maximum Gasteiger partial charge on any atom is 0.256 e. The number of aryl methyl sites for hydroxylation is 1. The van der Waals surface area contributed by atoms with E-state index in [2.05, 4.69) is 20.4 Å². The number of thiophene rings is 1. The van der Waals surface area contributed by atoms with E-state index in [1.54, 1.807) is 41.7 Å². The average molecular weight is 452 g/mol. The van der Waals surface area contributed by atoms with Gasteiger partial charge in [-0.25, -0.2) is 4.98 Å². The molecular formula is C22H18ClN5O2S. The highest BCUT2D eigenvalue weighted by atomic mass is 35.5. The topological polar surface area (TPSA) is 92.7 Å². The van der Waals surface area contributed by atoms with Crippen molar-refractivity contribution >= 4 is 34.7 Å². The van der Waals surface area contributed by atoms with Gasteiger partial charge in [0.2, 0.25) is 5.95 Å². The zero-order chi connectivity index (χ0) is 21.4.